The Hall–Kier alpha value is -4.41. The first-order chi connectivity index (χ1) is 21.5. The molecule has 8 nitrogen and oxygen atoms in total. The molecule has 2 amide bonds. The normalized spacial score (nSPS) is 14.9. The topological polar surface area (TPSA) is 100 Å². The number of rotatable bonds is 14. The number of carboxylic acid groups (broad SMARTS) is 1. The number of carbonyl (C=O) groups is 3. The highest BCUT2D eigenvalue weighted by atomic mass is 19.4. The molecule has 1 aliphatic rings. The van der Waals surface area contributed by atoms with E-state index in [4.69, 9.17) is 4.74 Å². The first-order valence-electron chi connectivity index (χ1n) is 15.2. The fourth-order valence-corrected chi connectivity index (χ4v) is 5.41. The Labute approximate surface area is 260 Å². The molecule has 1 atom stereocenters. The van der Waals surface area contributed by atoms with Crippen molar-refractivity contribution < 1.29 is 37.4 Å². The van der Waals surface area contributed by atoms with Gasteiger partial charge in [0.1, 0.15) is 11.6 Å². The summed E-state index contributed by atoms with van der Waals surface area (Å²) in [5.74, 6) is -1.11. The van der Waals surface area contributed by atoms with Crippen molar-refractivity contribution in [3.63, 3.8) is 0 Å². The van der Waals surface area contributed by atoms with Crippen molar-refractivity contribution in [3.05, 3.63) is 89.1 Å². The van der Waals surface area contributed by atoms with E-state index in [0.29, 0.717) is 43.1 Å². The van der Waals surface area contributed by atoms with Crippen LogP contribution in [0.1, 0.15) is 67.7 Å². The monoisotopic (exact) mass is 625 g/mol. The third-order valence-corrected chi connectivity index (χ3v) is 7.76. The Morgan fingerprint density at radius 1 is 1.04 bits per heavy atom. The minimum Gasteiger partial charge on any atom is -0.494 e. The molecule has 0 fully saturated rings. The third kappa shape index (κ3) is 9.54. The van der Waals surface area contributed by atoms with Gasteiger partial charge >= 0.3 is 12.1 Å². The van der Waals surface area contributed by atoms with E-state index < -0.39 is 23.6 Å². The van der Waals surface area contributed by atoms with Gasteiger partial charge in [-0.25, -0.2) is 4.98 Å². The van der Waals surface area contributed by atoms with E-state index in [1.54, 1.807) is 29.3 Å². The number of hydrogen-bond donors (Lipinski definition) is 1. The zero-order valence-electron chi connectivity index (χ0n) is 25.3. The fraction of sp³-hybridized carbons (Fsp3) is 0.412. The number of aromatic nitrogens is 1. The Morgan fingerprint density at radius 2 is 1.82 bits per heavy atom. The lowest BCUT2D eigenvalue weighted by Crippen LogP contribution is -2.35. The summed E-state index contributed by atoms with van der Waals surface area (Å²) in [7, 11) is 0. The Kier molecular flexibility index (Phi) is 11.6. The first-order valence-corrected chi connectivity index (χ1v) is 15.2. The number of fused-ring (bicyclic) bond motifs is 1. The van der Waals surface area contributed by atoms with E-state index >= 15 is 0 Å². The largest absolute Gasteiger partial charge is 0.494 e. The lowest BCUT2D eigenvalue weighted by atomic mass is 9.94. The Bertz CT molecular complexity index is 1450. The number of halogens is 3. The first kappa shape index (κ1) is 33.5. The van der Waals surface area contributed by atoms with Crippen LogP contribution in [0.3, 0.4) is 0 Å². The van der Waals surface area contributed by atoms with E-state index in [0.717, 1.165) is 42.5 Å². The molecule has 0 bridgehead atoms. The van der Waals surface area contributed by atoms with Gasteiger partial charge in [-0.15, -0.1) is 0 Å². The van der Waals surface area contributed by atoms with Crippen molar-refractivity contribution in [3.8, 4) is 5.75 Å². The predicted molar refractivity (Wildman–Crippen MR) is 162 cm³/mol. The van der Waals surface area contributed by atoms with Gasteiger partial charge in [0.2, 0.25) is 11.8 Å². The van der Waals surface area contributed by atoms with E-state index in [9.17, 15) is 32.7 Å². The summed E-state index contributed by atoms with van der Waals surface area (Å²) in [5.41, 5.74) is 1.31. The van der Waals surface area contributed by atoms with Gasteiger partial charge in [0.15, 0.2) is 0 Å². The number of carbonyl (C=O) groups excluding carboxylic acids is 2. The van der Waals surface area contributed by atoms with Crippen molar-refractivity contribution in [1.29, 1.82) is 0 Å². The molecule has 1 aromatic heterocycles. The molecule has 0 saturated carbocycles. The minimum absolute atomic E-state index is 0.0147. The van der Waals surface area contributed by atoms with Crippen LogP contribution >= 0.6 is 0 Å². The summed E-state index contributed by atoms with van der Waals surface area (Å²) in [6.07, 6.45) is 0.858. The van der Waals surface area contributed by atoms with Gasteiger partial charge in [-0.2, -0.15) is 13.2 Å². The average Bonchev–Trinajstić information content (AvgIpc) is 3.12. The molecule has 11 heteroatoms. The second-order valence-corrected chi connectivity index (χ2v) is 11.2. The van der Waals surface area contributed by atoms with Gasteiger partial charge in [0.25, 0.3) is 0 Å². The summed E-state index contributed by atoms with van der Waals surface area (Å²) < 4.78 is 45.1. The quantitative estimate of drug-likeness (QED) is 0.201. The van der Waals surface area contributed by atoms with Crippen molar-refractivity contribution >= 4 is 23.6 Å². The van der Waals surface area contributed by atoms with Gasteiger partial charge in [0, 0.05) is 32.3 Å². The average molecular weight is 626 g/mol. The van der Waals surface area contributed by atoms with Gasteiger partial charge in [-0.05, 0) is 72.4 Å². The smallest absolute Gasteiger partial charge is 0.416 e. The van der Waals surface area contributed by atoms with Crippen molar-refractivity contribution in [2.75, 3.05) is 18.1 Å². The highest BCUT2D eigenvalue weighted by molar-refractivity contribution is 5.92. The molecule has 0 saturated heterocycles. The van der Waals surface area contributed by atoms with Crippen LogP contribution in [0.5, 0.6) is 5.75 Å². The summed E-state index contributed by atoms with van der Waals surface area (Å²) in [6.45, 7) is 3.03. The third-order valence-electron chi connectivity index (χ3n) is 7.76. The molecular weight excluding hydrogens is 587 g/mol. The van der Waals surface area contributed by atoms with Crippen molar-refractivity contribution in [2.24, 2.45) is 5.92 Å². The molecule has 4 rings (SSSR count). The molecule has 3 aromatic rings. The summed E-state index contributed by atoms with van der Waals surface area (Å²) in [6, 6.07) is 15.5. The highest BCUT2D eigenvalue weighted by Crippen LogP contribution is 2.31. The molecule has 45 heavy (non-hydrogen) atoms. The second-order valence-electron chi connectivity index (χ2n) is 11.2. The number of hydrogen-bond acceptors (Lipinski definition) is 5. The number of anilines is 1. The minimum atomic E-state index is -4.47. The molecule has 0 radical (unpaired) electrons. The molecule has 2 aromatic carbocycles. The van der Waals surface area contributed by atoms with Crippen LogP contribution in [0.4, 0.5) is 19.0 Å². The maximum Gasteiger partial charge on any atom is 0.416 e. The number of amides is 2. The SMILES string of the molecule is CCCCCC(=O)N(CCCOc1ccc2c(c1)CN(Cc1ccc(C(F)(F)F)cc1)C(=O)C(CC(=O)O)C2)c1ccccn1. The maximum absolute atomic E-state index is 13.4. The van der Waals surface area contributed by atoms with Crippen molar-refractivity contribution in [2.45, 2.75) is 71.1 Å². The van der Waals surface area contributed by atoms with Crippen LogP contribution in [-0.4, -0.2) is 45.9 Å². The molecule has 2 heterocycles. The number of alkyl halides is 3. The number of nitrogens with zero attached hydrogens (tertiary/aromatic N) is 3. The zero-order chi connectivity index (χ0) is 32.4. The summed E-state index contributed by atoms with van der Waals surface area (Å²) in [5, 5.41) is 9.44. The highest BCUT2D eigenvalue weighted by Gasteiger charge is 2.33. The number of benzene rings is 2. The summed E-state index contributed by atoms with van der Waals surface area (Å²) in [4.78, 5) is 45.4. The van der Waals surface area contributed by atoms with Gasteiger partial charge in [-0.1, -0.05) is 44.0 Å². The summed E-state index contributed by atoms with van der Waals surface area (Å²) >= 11 is 0. The zero-order valence-corrected chi connectivity index (χ0v) is 25.3. The number of unbranched alkanes of at least 4 members (excludes halogenated alkanes) is 2. The predicted octanol–water partition coefficient (Wildman–Crippen LogP) is 6.66. The van der Waals surface area contributed by atoms with Gasteiger partial charge < -0.3 is 14.7 Å². The molecule has 240 valence electrons. The van der Waals surface area contributed by atoms with Gasteiger partial charge in [-0.3, -0.25) is 19.3 Å². The Morgan fingerprint density at radius 3 is 2.49 bits per heavy atom. The molecule has 1 aliphatic heterocycles. The number of pyridine rings is 1. The molecular formula is C34H38F3N3O5. The molecule has 0 aliphatic carbocycles. The second kappa shape index (κ2) is 15.5. The van der Waals surface area contributed by atoms with Crippen molar-refractivity contribution in [1.82, 2.24) is 9.88 Å². The number of ether oxygens (including phenoxy) is 1. The lowest BCUT2D eigenvalue weighted by Gasteiger charge is -2.24. The van der Waals surface area contributed by atoms with Crippen LogP contribution in [0.15, 0.2) is 66.9 Å². The van der Waals surface area contributed by atoms with Crippen LogP contribution < -0.4 is 9.64 Å². The van der Waals surface area contributed by atoms with Crippen LogP contribution in [0.2, 0.25) is 0 Å². The standard InChI is InChI=1S/C34H38F3N3O5/c1-2-3-4-9-31(41)40(30-8-5-6-16-38-30)17-7-18-45-29-15-12-25-19-26(21-32(42)43)33(44)39(23-27(25)20-29)22-24-10-13-28(14-11-24)34(35,36)37/h5-6,8,10-16,20,26H,2-4,7,9,17-19,21-23H2,1H3,(H,42,43). The number of carboxylic acids is 1. The van der Waals surface area contributed by atoms with Crippen LogP contribution in [0.25, 0.3) is 0 Å². The molecule has 1 N–H and O–H groups in total. The Balaban J connectivity index is 1.44. The maximum atomic E-state index is 13.4. The van der Waals surface area contributed by atoms with Crippen LogP contribution in [-0.2, 0) is 40.1 Å². The van der Waals surface area contributed by atoms with E-state index in [1.165, 1.54) is 17.0 Å². The molecule has 0 spiro atoms. The van der Waals surface area contributed by atoms with E-state index in [-0.39, 0.29) is 37.7 Å². The number of aliphatic carboxylic acids is 1. The lowest BCUT2D eigenvalue weighted by molar-refractivity contribution is -0.144. The fourth-order valence-electron chi connectivity index (χ4n) is 5.41. The molecule has 1 unspecified atom stereocenters. The van der Waals surface area contributed by atoms with Crippen LogP contribution in [0, 0.1) is 5.92 Å². The van der Waals surface area contributed by atoms with E-state index in [1.807, 2.05) is 18.2 Å². The van der Waals surface area contributed by atoms with E-state index in [2.05, 4.69) is 11.9 Å². The van der Waals surface area contributed by atoms with Gasteiger partial charge in [0.05, 0.1) is 24.5 Å².